The summed E-state index contributed by atoms with van der Waals surface area (Å²) in [6, 6.07) is 24.0. The Morgan fingerprint density at radius 2 is 1.72 bits per heavy atom. The number of ether oxygens (including phenoxy) is 1. The quantitative estimate of drug-likeness (QED) is 0.476. The van der Waals surface area contributed by atoms with Crippen LogP contribution in [-0.2, 0) is 11.3 Å². The molecule has 164 valence electrons. The van der Waals surface area contributed by atoms with Gasteiger partial charge in [-0.15, -0.1) is 0 Å². The van der Waals surface area contributed by atoms with Crippen molar-refractivity contribution in [3.8, 4) is 0 Å². The van der Waals surface area contributed by atoms with E-state index in [-0.39, 0.29) is 18.1 Å². The van der Waals surface area contributed by atoms with Crippen molar-refractivity contribution < 1.29 is 14.3 Å². The first-order valence-electron chi connectivity index (χ1n) is 10.7. The van der Waals surface area contributed by atoms with E-state index in [1.165, 1.54) is 5.56 Å². The molecule has 0 radical (unpaired) electrons. The summed E-state index contributed by atoms with van der Waals surface area (Å²) < 4.78 is 5.23. The summed E-state index contributed by atoms with van der Waals surface area (Å²) in [5.41, 5.74) is 9.95. The topological polar surface area (TPSA) is 93.5 Å². The molecule has 32 heavy (non-hydrogen) atoms. The fourth-order valence-electron chi connectivity index (χ4n) is 3.78. The molecule has 0 heterocycles. The lowest BCUT2D eigenvalue weighted by molar-refractivity contribution is 0.102. The molecule has 0 saturated heterocycles. The van der Waals surface area contributed by atoms with Gasteiger partial charge in [0.15, 0.2) is 0 Å². The first-order valence-corrected chi connectivity index (χ1v) is 10.7. The van der Waals surface area contributed by atoms with Gasteiger partial charge in [-0.25, -0.2) is 4.79 Å². The second kappa shape index (κ2) is 9.24. The lowest BCUT2D eigenvalue weighted by atomic mass is 10.0. The van der Waals surface area contributed by atoms with Crippen molar-refractivity contribution >= 4 is 23.4 Å². The molecular formula is C26H27N3O3. The fraction of sp³-hybridized carbons (Fsp3) is 0.231. The van der Waals surface area contributed by atoms with E-state index in [9.17, 15) is 9.59 Å². The van der Waals surface area contributed by atoms with E-state index in [0.29, 0.717) is 22.9 Å². The van der Waals surface area contributed by atoms with Crippen LogP contribution >= 0.6 is 0 Å². The van der Waals surface area contributed by atoms with E-state index in [2.05, 4.69) is 17.6 Å². The monoisotopic (exact) mass is 429 g/mol. The molecule has 6 heteroatoms. The van der Waals surface area contributed by atoms with Gasteiger partial charge in [-0.3, -0.25) is 10.1 Å². The third-order valence-electron chi connectivity index (χ3n) is 5.93. The van der Waals surface area contributed by atoms with Crippen LogP contribution < -0.4 is 16.4 Å². The summed E-state index contributed by atoms with van der Waals surface area (Å²) in [4.78, 5) is 24.7. The number of anilines is 2. The van der Waals surface area contributed by atoms with E-state index in [0.717, 1.165) is 18.4 Å². The predicted octanol–water partition coefficient (Wildman–Crippen LogP) is 5.28. The first-order chi connectivity index (χ1) is 15.5. The van der Waals surface area contributed by atoms with Crippen LogP contribution in [0.25, 0.3) is 0 Å². The lowest BCUT2D eigenvalue weighted by Gasteiger charge is -2.11. The van der Waals surface area contributed by atoms with Crippen LogP contribution in [0.2, 0.25) is 0 Å². The Morgan fingerprint density at radius 1 is 0.969 bits per heavy atom. The van der Waals surface area contributed by atoms with Crippen LogP contribution in [0.1, 0.15) is 47.2 Å². The van der Waals surface area contributed by atoms with Crippen LogP contribution in [0.5, 0.6) is 0 Å². The lowest BCUT2D eigenvalue weighted by Crippen LogP contribution is -2.22. The van der Waals surface area contributed by atoms with Crippen molar-refractivity contribution in [2.24, 2.45) is 5.73 Å². The molecule has 3 aromatic carbocycles. The molecule has 1 saturated carbocycles. The van der Waals surface area contributed by atoms with Gasteiger partial charge in [-0.05, 0) is 54.3 Å². The van der Waals surface area contributed by atoms with Crippen LogP contribution in [-0.4, -0.2) is 17.5 Å². The highest BCUT2D eigenvalue weighted by molar-refractivity contribution is 6.05. The van der Waals surface area contributed by atoms with Gasteiger partial charge in [0.2, 0.25) is 0 Å². The molecule has 0 aliphatic heterocycles. The van der Waals surface area contributed by atoms with Gasteiger partial charge >= 0.3 is 6.09 Å². The maximum atomic E-state index is 12.7. The van der Waals surface area contributed by atoms with Gasteiger partial charge in [0.1, 0.15) is 6.61 Å². The van der Waals surface area contributed by atoms with Crippen molar-refractivity contribution in [1.82, 2.24) is 0 Å². The number of carbonyl (C=O) groups excluding carboxylic acids is 2. The van der Waals surface area contributed by atoms with Gasteiger partial charge < -0.3 is 15.8 Å². The molecule has 2 atom stereocenters. The molecule has 0 bridgehead atoms. The molecule has 1 fully saturated rings. The van der Waals surface area contributed by atoms with E-state index >= 15 is 0 Å². The number of carbonyl (C=O) groups is 2. The zero-order valence-electron chi connectivity index (χ0n) is 18.0. The van der Waals surface area contributed by atoms with Crippen molar-refractivity contribution in [1.29, 1.82) is 0 Å². The average molecular weight is 430 g/mol. The van der Waals surface area contributed by atoms with Crippen LogP contribution in [0.3, 0.4) is 0 Å². The molecule has 2 unspecified atom stereocenters. The summed E-state index contributed by atoms with van der Waals surface area (Å²) in [5.74, 6) is 0.133. The standard InChI is InChI=1S/C26H27N3O3/c1-2-26(27)16-23(26)19-11-13-21(14-12-19)28-24(30)20-9-6-10-22(15-20)29-25(31)32-17-18-7-4-3-5-8-18/h3-15,23H,2,16-17,27H2,1H3,(H,28,30)(H,29,31). The number of rotatable bonds is 7. The maximum absolute atomic E-state index is 12.7. The van der Waals surface area contributed by atoms with Crippen LogP contribution in [0.15, 0.2) is 78.9 Å². The fourth-order valence-corrected chi connectivity index (χ4v) is 3.78. The Balaban J connectivity index is 1.32. The molecule has 4 N–H and O–H groups in total. The Bertz CT molecular complexity index is 1100. The highest BCUT2D eigenvalue weighted by Crippen LogP contribution is 2.51. The molecule has 0 spiro atoms. The SMILES string of the molecule is CCC1(N)CC1c1ccc(NC(=O)c2cccc(NC(=O)OCc3ccccc3)c2)cc1. The largest absolute Gasteiger partial charge is 0.444 e. The second-order valence-corrected chi connectivity index (χ2v) is 8.19. The van der Waals surface area contributed by atoms with Crippen LogP contribution in [0, 0.1) is 0 Å². The predicted molar refractivity (Wildman–Crippen MR) is 126 cm³/mol. The van der Waals surface area contributed by atoms with Crippen molar-refractivity contribution in [3.63, 3.8) is 0 Å². The molecular weight excluding hydrogens is 402 g/mol. The minimum atomic E-state index is -0.579. The van der Waals surface area contributed by atoms with Crippen molar-refractivity contribution in [2.75, 3.05) is 10.6 Å². The summed E-state index contributed by atoms with van der Waals surface area (Å²) >= 11 is 0. The third-order valence-corrected chi connectivity index (χ3v) is 5.93. The van der Waals surface area contributed by atoms with E-state index < -0.39 is 6.09 Å². The normalized spacial score (nSPS) is 19.1. The molecule has 0 aromatic heterocycles. The number of hydrogen-bond acceptors (Lipinski definition) is 4. The molecule has 2 amide bonds. The summed E-state index contributed by atoms with van der Waals surface area (Å²) in [7, 11) is 0. The Hall–Kier alpha value is -3.64. The third kappa shape index (κ3) is 5.15. The second-order valence-electron chi connectivity index (χ2n) is 8.19. The number of benzene rings is 3. The van der Waals surface area contributed by atoms with Crippen molar-refractivity contribution in [3.05, 3.63) is 95.6 Å². The number of amides is 2. The van der Waals surface area contributed by atoms with E-state index in [4.69, 9.17) is 10.5 Å². The van der Waals surface area contributed by atoms with Gasteiger partial charge in [0, 0.05) is 28.4 Å². The van der Waals surface area contributed by atoms with Gasteiger partial charge in [0.05, 0.1) is 0 Å². The Labute approximate surface area is 187 Å². The Kier molecular flexibility index (Phi) is 6.23. The first kappa shape index (κ1) is 21.6. The molecule has 6 nitrogen and oxygen atoms in total. The molecule has 1 aliphatic rings. The molecule has 3 aromatic rings. The van der Waals surface area contributed by atoms with E-state index in [1.807, 2.05) is 54.6 Å². The maximum Gasteiger partial charge on any atom is 0.411 e. The smallest absolute Gasteiger partial charge is 0.411 e. The Morgan fingerprint density at radius 3 is 2.41 bits per heavy atom. The molecule has 4 rings (SSSR count). The highest BCUT2D eigenvalue weighted by Gasteiger charge is 2.49. The summed E-state index contributed by atoms with van der Waals surface area (Å²) in [6.07, 6.45) is 1.38. The van der Waals surface area contributed by atoms with Gasteiger partial charge in [0.25, 0.3) is 5.91 Å². The van der Waals surface area contributed by atoms with Gasteiger partial charge in [-0.2, -0.15) is 0 Å². The van der Waals surface area contributed by atoms with Crippen LogP contribution in [0.4, 0.5) is 16.2 Å². The zero-order chi connectivity index (χ0) is 22.6. The minimum absolute atomic E-state index is 0.0829. The highest BCUT2D eigenvalue weighted by atomic mass is 16.5. The van der Waals surface area contributed by atoms with E-state index in [1.54, 1.807) is 24.3 Å². The van der Waals surface area contributed by atoms with Gasteiger partial charge in [-0.1, -0.05) is 55.5 Å². The number of nitrogens with two attached hydrogens (primary N) is 1. The molecule has 1 aliphatic carbocycles. The van der Waals surface area contributed by atoms with Crippen molar-refractivity contribution in [2.45, 2.75) is 37.8 Å². The average Bonchev–Trinajstić information content (AvgIpc) is 3.51. The zero-order valence-corrected chi connectivity index (χ0v) is 18.0. The summed E-state index contributed by atoms with van der Waals surface area (Å²) in [5, 5.41) is 5.55. The number of nitrogens with one attached hydrogen (secondary N) is 2. The summed E-state index contributed by atoms with van der Waals surface area (Å²) in [6.45, 7) is 2.29. The number of hydrogen-bond donors (Lipinski definition) is 3. The minimum Gasteiger partial charge on any atom is -0.444 e.